The first-order chi connectivity index (χ1) is 14.5. The van der Waals surface area contributed by atoms with Crippen LogP contribution in [0.4, 0.5) is 0 Å². The first-order valence-corrected chi connectivity index (χ1v) is 10.2. The van der Waals surface area contributed by atoms with Crippen molar-refractivity contribution >= 4 is 17.6 Å². The second-order valence-electron chi connectivity index (χ2n) is 7.74. The van der Waals surface area contributed by atoms with Gasteiger partial charge in [0.1, 0.15) is 11.4 Å². The van der Waals surface area contributed by atoms with Crippen LogP contribution in [0.15, 0.2) is 42.9 Å². The molecule has 8 nitrogen and oxygen atoms in total. The third-order valence-corrected chi connectivity index (χ3v) is 5.64. The molecule has 8 heteroatoms. The quantitative estimate of drug-likeness (QED) is 0.806. The highest BCUT2D eigenvalue weighted by molar-refractivity contribution is 6.00. The van der Waals surface area contributed by atoms with E-state index >= 15 is 0 Å². The Morgan fingerprint density at radius 1 is 1.20 bits per heavy atom. The summed E-state index contributed by atoms with van der Waals surface area (Å²) in [6.45, 7) is 0.809. The average molecular weight is 408 g/mol. The lowest BCUT2D eigenvalue weighted by molar-refractivity contribution is -0.135. The Morgan fingerprint density at radius 3 is 2.90 bits per heavy atom. The number of benzene rings is 1. The summed E-state index contributed by atoms with van der Waals surface area (Å²) in [6, 6.07) is 7.22. The fourth-order valence-electron chi connectivity index (χ4n) is 3.99. The molecule has 1 atom stereocenters. The van der Waals surface area contributed by atoms with E-state index in [2.05, 4.69) is 15.3 Å². The highest BCUT2D eigenvalue weighted by Gasteiger charge is 2.43. The Kier molecular flexibility index (Phi) is 5.74. The number of nitrogens with zero attached hydrogens (tertiary/aromatic N) is 3. The van der Waals surface area contributed by atoms with Crippen LogP contribution < -0.4 is 10.1 Å². The van der Waals surface area contributed by atoms with Gasteiger partial charge in [-0.05, 0) is 18.6 Å². The van der Waals surface area contributed by atoms with Crippen molar-refractivity contribution in [2.24, 2.45) is 0 Å². The summed E-state index contributed by atoms with van der Waals surface area (Å²) in [7, 11) is 0. The first-order valence-electron chi connectivity index (χ1n) is 10.2. The zero-order valence-corrected chi connectivity index (χ0v) is 16.7. The van der Waals surface area contributed by atoms with Gasteiger partial charge in [0.2, 0.25) is 11.8 Å². The van der Waals surface area contributed by atoms with Gasteiger partial charge in [-0.1, -0.05) is 12.1 Å². The van der Waals surface area contributed by atoms with Gasteiger partial charge in [0.15, 0.2) is 5.78 Å². The molecule has 3 heterocycles. The average Bonchev–Trinajstić information content (AvgIpc) is 2.89. The Labute approximate surface area is 174 Å². The van der Waals surface area contributed by atoms with E-state index in [-0.39, 0.29) is 37.0 Å². The molecule has 1 aromatic heterocycles. The molecule has 0 radical (unpaired) electrons. The van der Waals surface area contributed by atoms with Crippen molar-refractivity contribution < 1.29 is 19.1 Å². The van der Waals surface area contributed by atoms with Crippen LogP contribution in [0.1, 0.15) is 41.7 Å². The topological polar surface area (TPSA) is 101 Å². The van der Waals surface area contributed by atoms with Gasteiger partial charge in [0, 0.05) is 50.9 Å². The predicted octanol–water partition coefficient (Wildman–Crippen LogP) is 1.55. The molecule has 1 N–H and O–H groups in total. The largest absolute Gasteiger partial charge is 0.486 e. The lowest BCUT2D eigenvalue weighted by Gasteiger charge is -2.37. The lowest BCUT2D eigenvalue weighted by Crippen LogP contribution is -2.44. The summed E-state index contributed by atoms with van der Waals surface area (Å²) < 4.78 is 6.21. The van der Waals surface area contributed by atoms with Gasteiger partial charge in [-0.2, -0.15) is 0 Å². The van der Waals surface area contributed by atoms with Crippen LogP contribution in [0, 0.1) is 0 Å². The standard InChI is InChI=1S/C22H24N4O4/c27-18-13-22(30-19-4-2-1-3-17(18)19)7-5-21(29)26(12-8-22)15-20(28)25-9-6-16-14-23-10-11-24-16/h1-4,10-11,14H,5-9,12-13,15H2,(H,25,28)/t22-/m1/s1. The number of hydrogen-bond acceptors (Lipinski definition) is 6. The third kappa shape index (κ3) is 4.48. The van der Waals surface area contributed by atoms with Crippen molar-refractivity contribution in [1.82, 2.24) is 20.2 Å². The second kappa shape index (κ2) is 8.61. The van der Waals surface area contributed by atoms with Gasteiger partial charge >= 0.3 is 0 Å². The first kappa shape index (κ1) is 20.0. The molecule has 2 aliphatic heterocycles. The molecule has 1 fully saturated rings. The van der Waals surface area contributed by atoms with Gasteiger partial charge in [0.05, 0.1) is 24.2 Å². The lowest BCUT2D eigenvalue weighted by atomic mass is 9.84. The number of carbonyl (C=O) groups is 3. The van der Waals surface area contributed by atoms with Crippen LogP contribution in [-0.4, -0.2) is 57.7 Å². The molecule has 0 unspecified atom stereocenters. The van der Waals surface area contributed by atoms with E-state index in [0.29, 0.717) is 43.7 Å². The number of hydrogen-bond donors (Lipinski definition) is 1. The summed E-state index contributed by atoms with van der Waals surface area (Å²) in [6.07, 6.45) is 6.95. The number of carbonyl (C=O) groups excluding carboxylic acids is 3. The van der Waals surface area contributed by atoms with Gasteiger partial charge in [-0.15, -0.1) is 0 Å². The van der Waals surface area contributed by atoms with Crippen molar-refractivity contribution in [3.63, 3.8) is 0 Å². The number of aromatic nitrogens is 2. The molecule has 0 saturated carbocycles. The second-order valence-corrected chi connectivity index (χ2v) is 7.74. The van der Waals surface area contributed by atoms with E-state index in [4.69, 9.17) is 4.74 Å². The van der Waals surface area contributed by atoms with Gasteiger partial charge in [0.25, 0.3) is 0 Å². The minimum atomic E-state index is -0.682. The molecular formula is C22H24N4O4. The Balaban J connectivity index is 1.33. The number of ketones is 1. The van der Waals surface area contributed by atoms with E-state index in [0.717, 1.165) is 5.69 Å². The minimum Gasteiger partial charge on any atom is -0.486 e. The number of fused-ring (bicyclic) bond motifs is 1. The molecule has 2 aromatic rings. The molecule has 0 bridgehead atoms. The van der Waals surface area contributed by atoms with Crippen molar-refractivity contribution in [3.8, 4) is 5.75 Å². The number of nitrogens with one attached hydrogen (secondary N) is 1. The fraction of sp³-hybridized carbons (Fsp3) is 0.409. The Bertz CT molecular complexity index is 949. The molecule has 30 heavy (non-hydrogen) atoms. The van der Waals surface area contributed by atoms with Crippen molar-refractivity contribution in [2.75, 3.05) is 19.6 Å². The van der Waals surface area contributed by atoms with Crippen LogP contribution in [-0.2, 0) is 16.0 Å². The molecule has 0 aliphatic carbocycles. The summed E-state index contributed by atoms with van der Waals surface area (Å²) in [5.74, 6) is 0.316. The minimum absolute atomic E-state index is 0.0000843. The van der Waals surface area contributed by atoms with E-state index < -0.39 is 5.60 Å². The van der Waals surface area contributed by atoms with Gasteiger partial charge in [-0.25, -0.2) is 0 Å². The fourth-order valence-corrected chi connectivity index (χ4v) is 3.99. The number of likely N-dealkylation sites (tertiary alicyclic amines) is 1. The molecule has 1 aromatic carbocycles. The molecular weight excluding hydrogens is 384 g/mol. The van der Waals surface area contributed by atoms with E-state index in [1.807, 2.05) is 12.1 Å². The van der Waals surface area contributed by atoms with Crippen molar-refractivity contribution in [2.45, 2.75) is 37.7 Å². The maximum Gasteiger partial charge on any atom is 0.239 e. The molecule has 2 aliphatic rings. The number of ether oxygens (including phenoxy) is 1. The van der Waals surface area contributed by atoms with Crippen LogP contribution >= 0.6 is 0 Å². The molecule has 156 valence electrons. The summed E-state index contributed by atoms with van der Waals surface area (Å²) in [4.78, 5) is 47.2. The number of para-hydroxylation sites is 1. The zero-order valence-electron chi connectivity index (χ0n) is 16.7. The zero-order chi connectivity index (χ0) is 21.0. The van der Waals surface area contributed by atoms with Gasteiger partial charge in [-0.3, -0.25) is 24.4 Å². The number of rotatable bonds is 5. The molecule has 1 spiro atoms. The molecule has 4 rings (SSSR count). The smallest absolute Gasteiger partial charge is 0.239 e. The maximum absolute atomic E-state index is 12.6. The highest BCUT2D eigenvalue weighted by atomic mass is 16.5. The van der Waals surface area contributed by atoms with Gasteiger partial charge < -0.3 is 15.0 Å². The Morgan fingerprint density at radius 2 is 2.07 bits per heavy atom. The molecule has 1 saturated heterocycles. The monoisotopic (exact) mass is 408 g/mol. The summed E-state index contributed by atoms with van der Waals surface area (Å²) in [5, 5.41) is 2.82. The van der Waals surface area contributed by atoms with Crippen molar-refractivity contribution in [1.29, 1.82) is 0 Å². The normalized spacial score (nSPS) is 21.0. The van der Waals surface area contributed by atoms with E-state index in [9.17, 15) is 14.4 Å². The Hall–Kier alpha value is -3.29. The van der Waals surface area contributed by atoms with Crippen LogP contribution in [0.5, 0.6) is 5.75 Å². The predicted molar refractivity (Wildman–Crippen MR) is 108 cm³/mol. The van der Waals surface area contributed by atoms with E-state index in [1.165, 1.54) is 0 Å². The van der Waals surface area contributed by atoms with E-state index in [1.54, 1.807) is 35.6 Å². The highest BCUT2D eigenvalue weighted by Crippen LogP contribution is 2.39. The van der Waals surface area contributed by atoms with Crippen LogP contribution in [0.2, 0.25) is 0 Å². The molecule has 2 amide bonds. The third-order valence-electron chi connectivity index (χ3n) is 5.64. The number of amides is 2. The van der Waals surface area contributed by atoms with Crippen LogP contribution in [0.3, 0.4) is 0 Å². The number of Topliss-reactive ketones (excluding diaryl/α,β-unsaturated/α-hetero) is 1. The maximum atomic E-state index is 12.6. The van der Waals surface area contributed by atoms with Crippen molar-refractivity contribution in [3.05, 3.63) is 54.1 Å². The SMILES string of the molecule is O=C(CN1CC[C@]2(CCC1=O)CC(=O)c1ccccc1O2)NCCc1cnccn1. The summed E-state index contributed by atoms with van der Waals surface area (Å²) in [5.41, 5.74) is 0.709. The van der Waals surface area contributed by atoms with Crippen LogP contribution in [0.25, 0.3) is 0 Å². The summed E-state index contributed by atoms with van der Waals surface area (Å²) >= 11 is 0.